The minimum Gasteiger partial charge on any atom is -0.487 e. The van der Waals surface area contributed by atoms with Gasteiger partial charge in [0.2, 0.25) is 5.75 Å². The van der Waals surface area contributed by atoms with Gasteiger partial charge in [-0.2, -0.15) is 0 Å². The molecule has 1 aromatic rings. The van der Waals surface area contributed by atoms with Gasteiger partial charge in [0, 0.05) is 0 Å². The van der Waals surface area contributed by atoms with Crippen LogP contribution >= 0.6 is 0 Å². The molecule has 0 atom stereocenters. The van der Waals surface area contributed by atoms with Crippen molar-refractivity contribution in [2.45, 2.75) is 0 Å². The number of carboxylic acid groups (broad SMARTS) is 1. The summed E-state index contributed by atoms with van der Waals surface area (Å²) in [5.74, 6) is -1.44. The predicted molar refractivity (Wildman–Crippen MR) is 44.5 cm³/mol. The molecule has 14 heavy (non-hydrogen) atoms. The summed E-state index contributed by atoms with van der Waals surface area (Å²) in [4.78, 5) is 27.1. The smallest absolute Gasteiger partial charge is 0.341 e. The quantitative estimate of drug-likeness (QED) is 0.662. The Morgan fingerprint density at radius 1 is 1.71 bits per heavy atom. The normalized spacial score (nSPS) is 9.50. The van der Waals surface area contributed by atoms with Crippen LogP contribution in [0.15, 0.2) is 11.1 Å². The molecule has 0 radical (unpaired) electrons. The highest BCUT2D eigenvalue weighted by Gasteiger charge is 2.11. The van der Waals surface area contributed by atoms with E-state index in [2.05, 4.69) is 14.7 Å². The van der Waals surface area contributed by atoms with E-state index in [1.165, 1.54) is 7.11 Å². The van der Waals surface area contributed by atoms with Crippen LogP contribution < -0.4 is 15.0 Å². The Morgan fingerprint density at radius 2 is 2.43 bits per heavy atom. The zero-order valence-corrected chi connectivity index (χ0v) is 7.31. The second-order valence-corrected chi connectivity index (χ2v) is 2.25. The topological polar surface area (TPSA) is 102 Å². The summed E-state index contributed by atoms with van der Waals surface area (Å²) in [6.07, 6.45) is 1.10. The molecule has 0 bridgehead atoms. The maximum atomic E-state index is 11.1. The predicted octanol–water partition coefficient (Wildman–Crippen LogP) is -0.758. The third-order valence-corrected chi connectivity index (χ3v) is 1.31. The van der Waals surface area contributed by atoms with Crippen molar-refractivity contribution < 1.29 is 19.4 Å². The molecule has 0 unspecified atom stereocenters. The number of carboxylic acids is 1. The molecular weight excluding hydrogens is 192 g/mol. The van der Waals surface area contributed by atoms with Gasteiger partial charge in [0.1, 0.15) is 0 Å². The van der Waals surface area contributed by atoms with Gasteiger partial charge in [-0.05, 0) is 0 Å². The van der Waals surface area contributed by atoms with E-state index in [9.17, 15) is 9.59 Å². The SMILES string of the molecule is COc1c(OCC(=O)O)nc[nH]c1=O. The first-order chi connectivity index (χ1) is 6.65. The lowest BCUT2D eigenvalue weighted by Crippen LogP contribution is -2.15. The molecule has 7 nitrogen and oxygen atoms in total. The van der Waals surface area contributed by atoms with E-state index < -0.39 is 18.1 Å². The lowest BCUT2D eigenvalue weighted by Gasteiger charge is -2.05. The molecule has 1 aromatic heterocycles. The molecule has 0 saturated carbocycles. The minimum atomic E-state index is -1.16. The Bertz CT molecular complexity index is 386. The van der Waals surface area contributed by atoms with Crippen LogP contribution in [0.1, 0.15) is 0 Å². The van der Waals surface area contributed by atoms with Crippen molar-refractivity contribution in [3.05, 3.63) is 16.7 Å². The van der Waals surface area contributed by atoms with Gasteiger partial charge < -0.3 is 19.6 Å². The van der Waals surface area contributed by atoms with Gasteiger partial charge in [-0.3, -0.25) is 4.79 Å². The molecule has 0 aliphatic rings. The van der Waals surface area contributed by atoms with Crippen LogP contribution in [-0.2, 0) is 4.79 Å². The number of aromatic nitrogens is 2. The fourth-order valence-corrected chi connectivity index (χ4v) is 0.784. The van der Waals surface area contributed by atoms with Crippen molar-refractivity contribution in [1.82, 2.24) is 9.97 Å². The van der Waals surface area contributed by atoms with Gasteiger partial charge in [0.25, 0.3) is 11.4 Å². The summed E-state index contributed by atoms with van der Waals surface area (Å²) >= 11 is 0. The van der Waals surface area contributed by atoms with E-state index in [-0.39, 0.29) is 11.6 Å². The first kappa shape index (κ1) is 10.0. The number of methoxy groups -OCH3 is 1. The number of H-pyrrole nitrogens is 1. The Morgan fingerprint density at radius 3 is 3.00 bits per heavy atom. The van der Waals surface area contributed by atoms with Crippen molar-refractivity contribution in [3.63, 3.8) is 0 Å². The van der Waals surface area contributed by atoms with Crippen LogP contribution in [0.3, 0.4) is 0 Å². The van der Waals surface area contributed by atoms with E-state index in [0.29, 0.717) is 0 Å². The van der Waals surface area contributed by atoms with Gasteiger partial charge in [-0.25, -0.2) is 9.78 Å². The summed E-state index contributed by atoms with van der Waals surface area (Å²) in [5, 5.41) is 8.33. The first-order valence-corrected chi connectivity index (χ1v) is 3.61. The number of carbonyl (C=O) groups is 1. The van der Waals surface area contributed by atoms with Crippen molar-refractivity contribution in [3.8, 4) is 11.6 Å². The summed E-state index contributed by atoms with van der Waals surface area (Å²) in [5.41, 5.74) is -0.525. The molecule has 2 N–H and O–H groups in total. The van der Waals surface area contributed by atoms with Gasteiger partial charge in [-0.1, -0.05) is 0 Å². The molecule has 0 spiro atoms. The zero-order valence-electron chi connectivity index (χ0n) is 7.31. The summed E-state index contributed by atoms with van der Waals surface area (Å²) < 4.78 is 9.40. The Kier molecular flexibility index (Phi) is 3.05. The highest BCUT2D eigenvalue weighted by molar-refractivity contribution is 5.68. The standard InChI is InChI=1S/C7H8N2O5/c1-13-5-6(12)8-3-9-7(5)14-2-4(10)11/h3H,2H2,1H3,(H,10,11)(H,8,9,12). The molecule has 7 heteroatoms. The van der Waals surface area contributed by atoms with Gasteiger partial charge in [0.15, 0.2) is 6.61 Å². The summed E-state index contributed by atoms with van der Waals surface area (Å²) in [6, 6.07) is 0. The summed E-state index contributed by atoms with van der Waals surface area (Å²) in [6.45, 7) is -0.577. The first-order valence-electron chi connectivity index (χ1n) is 3.61. The van der Waals surface area contributed by atoms with Crippen molar-refractivity contribution in [1.29, 1.82) is 0 Å². The monoisotopic (exact) mass is 200 g/mol. The van der Waals surface area contributed by atoms with E-state index in [0.717, 1.165) is 6.33 Å². The van der Waals surface area contributed by atoms with Crippen molar-refractivity contribution in [2.24, 2.45) is 0 Å². The average molecular weight is 200 g/mol. The lowest BCUT2D eigenvalue weighted by molar-refractivity contribution is -0.139. The summed E-state index contributed by atoms with van der Waals surface area (Å²) in [7, 11) is 1.26. The van der Waals surface area contributed by atoms with E-state index >= 15 is 0 Å². The molecule has 1 rings (SSSR count). The maximum Gasteiger partial charge on any atom is 0.341 e. The maximum absolute atomic E-state index is 11.1. The van der Waals surface area contributed by atoms with Crippen LogP contribution in [-0.4, -0.2) is 34.8 Å². The second kappa shape index (κ2) is 4.26. The van der Waals surface area contributed by atoms with E-state index in [1.807, 2.05) is 0 Å². The molecule has 0 aromatic carbocycles. The third kappa shape index (κ3) is 2.22. The molecule has 0 aliphatic carbocycles. The molecule has 0 saturated heterocycles. The number of hydrogen-bond donors (Lipinski definition) is 2. The average Bonchev–Trinajstić information content (AvgIpc) is 2.14. The number of aromatic amines is 1. The van der Waals surface area contributed by atoms with Gasteiger partial charge in [-0.15, -0.1) is 0 Å². The largest absolute Gasteiger partial charge is 0.487 e. The van der Waals surface area contributed by atoms with Crippen LogP contribution in [0.2, 0.25) is 0 Å². The Labute approximate surface area is 78.3 Å². The number of hydrogen-bond acceptors (Lipinski definition) is 5. The molecule has 76 valence electrons. The van der Waals surface area contributed by atoms with E-state index in [4.69, 9.17) is 9.84 Å². The van der Waals surface area contributed by atoms with Gasteiger partial charge >= 0.3 is 5.97 Å². The lowest BCUT2D eigenvalue weighted by atomic mass is 10.5. The third-order valence-electron chi connectivity index (χ3n) is 1.31. The molecule has 0 amide bonds. The molecule has 0 fully saturated rings. The van der Waals surface area contributed by atoms with Gasteiger partial charge in [0.05, 0.1) is 13.4 Å². The van der Waals surface area contributed by atoms with Crippen molar-refractivity contribution >= 4 is 5.97 Å². The number of rotatable bonds is 4. The Balaban J connectivity index is 2.90. The second-order valence-electron chi connectivity index (χ2n) is 2.25. The Hall–Kier alpha value is -2.05. The fourth-order valence-electron chi connectivity index (χ4n) is 0.784. The zero-order chi connectivity index (χ0) is 10.6. The molecule has 1 heterocycles. The van der Waals surface area contributed by atoms with Crippen LogP contribution in [0.5, 0.6) is 11.6 Å². The van der Waals surface area contributed by atoms with Crippen LogP contribution in [0.4, 0.5) is 0 Å². The fraction of sp³-hybridized carbons (Fsp3) is 0.286. The molecular formula is C7H8N2O5. The highest BCUT2D eigenvalue weighted by atomic mass is 16.5. The van der Waals surface area contributed by atoms with Crippen molar-refractivity contribution in [2.75, 3.05) is 13.7 Å². The molecule has 0 aliphatic heterocycles. The minimum absolute atomic E-state index is 0.140. The number of nitrogens with one attached hydrogen (secondary N) is 1. The number of ether oxygens (including phenoxy) is 2. The van der Waals surface area contributed by atoms with Crippen LogP contribution in [0.25, 0.3) is 0 Å². The van der Waals surface area contributed by atoms with Crippen LogP contribution in [0, 0.1) is 0 Å². The number of aliphatic carboxylic acids is 1. The highest BCUT2D eigenvalue weighted by Crippen LogP contribution is 2.16. The van der Waals surface area contributed by atoms with E-state index in [1.54, 1.807) is 0 Å². The number of nitrogens with zero attached hydrogens (tertiary/aromatic N) is 1.